The van der Waals surface area contributed by atoms with Gasteiger partial charge < -0.3 is 25.2 Å². The van der Waals surface area contributed by atoms with E-state index in [2.05, 4.69) is 13.0 Å². The van der Waals surface area contributed by atoms with Crippen molar-refractivity contribution in [2.45, 2.75) is 78.2 Å². The number of benzene rings is 2. The Labute approximate surface area is 271 Å². The molecule has 2 aromatic carbocycles. The van der Waals surface area contributed by atoms with Gasteiger partial charge in [0.1, 0.15) is 18.1 Å². The van der Waals surface area contributed by atoms with Crippen LogP contribution < -0.4 is 4.74 Å². The number of unbranched alkanes of at least 4 members (excludes halogenated alkanes) is 2. The van der Waals surface area contributed by atoms with Gasteiger partial charge in [0.25, 0.3) is 0 Å². The molecule has 9 nitrogen and oxygen atoms in total. The predicted octanol–water partition coefficient (Wildman–Crippen LogP) is 5.58. The molecule has 1 heterocycles. The number of carboxylic acid groups (broad SMARTS) is 1. The Bertz CT molecular complexity index is 1440. The van der Waals surface area contributed by atoms with Crippen molar-refractivity contribution < 1.29 is 39.5 Å². The van der Waals surface area contributed by atoms with Crippen LogP contribution in [0.25, 0.3) is 6.08 Å². The number of carboxylic acids is 1. The fourth-order valence-electron chi connectivity index (χ4n) is 6.92. The molecule has 4 atom stereocenters. The van der Waals surface area contributed by atoms with Crippen molar-refractivity contribution in [3.05, 3.63) is 75.9 Å². The van der Waals surface area contributed by atoms with Crippen LogP contribution in [0, 0.1) is 31.6 Å². The number of imide groups is 1. The topological polar surface area (TPSA) is 145 Å². The van der Waals surface area contributed by atoms with Crippen LogP contribution >= 0.6 is 0 Å². The SMILES string of the molecule is CC/C(=C\c1cc(C)c(O)c(C)c1)CC[C@@H](O)C1=C(COc2ccccc2)C[C@H]2C(=O)N(CCCCCC(=O)O)C(=O)[C@H]2[C@H]1CO. The lowest BCUT2D eigenvalue weighted by atomic mass is 9.68. The number of phenols is 1. The van der Waals surface area contributed by atoms with Crippen LogP contribution in [0.15, 0.2) is 59.2 Å². The maximum Gasteiger partial charge on any atom is 0.303 e. The molecule has 0 saturated carbocycles. The number of likely N-dealkylation sites (tertiary alicyclic amines) is 1. The number of allylic oxidation sites excluding steroid dienone is 1. The van der Waals surface area contributed by atoms with Crippen molar-refractivity contribution in [2.75, 3.05) is 19.8 Å². The van der Waals surface area contributed by atoms with Gasteiger partial charge in [-0.15, -0.1) is 0 Å². The van der Waals surface area contributed by atoms with Crippen LogP contribution in [-0.4, -0.2) is 69.0 Å². The Balaban J connectivity index is 1.57. The predicted molar refractivity (Wildman–Crippen MR) is 175 cm³/mol. The lowest BCUT2D eigenvalue weighted by molar-refractivity contribution is -0.141. The molecule has 1 aliphatic heterocycles. The Hall–Kier alpha value is -3.95. The van der Waals surface area contributed by atoms with Gasteiger partial charge in [0.05, 0.1) is 24.5 Å². The number of rotatable bonds is 16. The van der Waals surface area contributed by atoms with E-state index >= 15 is 0 Å². The zero-order valence-electron chi connectivity index (χ0n) is 27.1. The smallest absolute Gasteiger partial charge is 0.303 e. The molecule has 0 radical (unpaired) electrons. The lowest BCUT2D eigenvalue weighted by Crippen LogP contribution is -2.40. The second-order valence-electron chi connectivity index (χ2n) is 12.5. The molecule has 248 valence electrons. The number of aromatic hydroxyl groups is 1. The van der Waals surface area contributed by atoms with Gasteiger partial charge in [-0.25, -0.2) is 0 Å². The molecule has 1 fully saturated rings. The molecule has 2 aliphatic rings. The first-order chi connectivity index (χ1) is 22.0. The highest BCUT2D eigenvalue weighted by atomic mass is 16.5. The summed E-state index contributed by atoms with van der Waals surface area (Å²) in [6.45, 7) is 5.71. The minimum Gasteiger partial charge on any atom is -0.507 e. The van der Waals surface area contributed by atoms with Gasteiger partial charge in [-0.3, -0.25) is 19.3 Å². The highest BCUT2D eigenvalue weighted by Crippen LogP contribution is 2.46. The van der Waals surface area contributed by atoms with Crippen LogP contribution in [0.4, 0.5) is 0 Å². The second kappa shape index (κ2) is 16.1. The quantitative estimate of drug-likeness (QED) is 0.107. The summed E-state index contributed by atoms with van der Waals surface area (Å²) in [6.07, 6.45) is 4.67. The third kappa shape index (κ3) is 8.25. The average Bonchev–Trinajstić information content (AvgIpc) is 3.28. The highest BCUT2D eigenvalue weighted by Gasteiger charge is 2.54. The van der Waals surface area contributed by atoms with Crippen molar-refractivity contribution in [2.24, 2.45) is 17.8 Å². The molecule has 0 unspecified atom stereocenters. The first kappa shape index (κ1) is 34.9. The van der Waals surface area contributed by atoms with Gasteiger partial charge in [-0.05, 0) is 104 Å². The molecule has 2 amide bonds. The number of aryl methyl sites for hydroxylation is 2. The largest absolute Gasteiger partial charge is 0.507 e. The fraction of sp³-hybridized carbons (Fsp3) is 0.486. The zero-order valence-corrected chi connectivity index (χ0v) is 27.1. The van der Waals surface area contributed by atoms with Crippen LogP contribution in [0.2, 0.25) is 0 Å². The number of amides is 2. The molecule has 4 N–H and O–H groups in total. The van der Waals surface area contributed by atoms with Crippen molar-refractivity contribution in [1.82, 2.24) is 4.90 Å². The highest BCUT2D eigenvalue weighted by molar-refractivity contribution is 6.05. The molecular formula is C37H47NO8. The summed E-state index contributed by atoms with van der Waals surface area (Å²) in [5.41, 5.74) is 4.98. The van der Waals surface area contributed by atoms with Gasteiger partial charge in [-0.1, -0.05) is 43.2 Å². The van der Waals surface area contributed by atoms with Crippen molar-refractivity contribution in [3.8, 4) is 11.5 Å². The zero-order chi connectivity index (χ0) is 33.4. The molecule has 0 bridgehead atoms. The van der Waals surface area contributed by atoms with Crippen LogP contribution in [0.1, 0.15) is 75.0 Å². The summed E-state index contributed by atoms with van der Waals surface area (Å²) < 4.78 is 6.08. The summed E-state index contributed by atoms with van der Waals surface area (Å²) in [5, 5.41) is 41.5. The van der Waals surface area contributed by atoms with E-state index in [1.807, 2.05) is 56.3 Å². The molecule has 1 aliphatic carbocycles. The number of hydrogen-bond donors (Lipinski definition) is 4. The normalized spacial score (nSPS) is 20.7. The van der Waals surface area contributed by atoms with Crippen LogP contribution in [0.5, 0.6) is 11.5 Å². The maximum absolute atomic E-state index is 13.7. The Morgan fingerprint density at radius 1 is 1.04 bits per heavy atom. The number of para-hydroxylation sites is 1. The summed E-state index contributed by atoms with van der Waals surface area (Å²) >= 11 is 0. The number of carbonyl (C=O) groups excluding carboxylic acids is 2. The van der Waals surface area contributed by atoms with Gasteiger partial charge in [0.2, 0.25) is 11.8 Å². The number of aliphatic carboxylic acids is 1. The molecular weight excluding hydrogens is 586 g/mol. The molecule has 1 saturated heterocycles. The van der Waals surface area contributed by atoms with E-state index in [9.17, 15) is 29.7 Å². The molecule has 46 heavy (non-hydrogen) atoms. The van der Waals surface area contributed by atoms with E-state index in [0.29, 0.717) is 43.4 Å². The molecule has 9 heteroatoms. The van der Waals surface area contributed by atoms with E-state index in [1.54, 1.807) is 0 Å². The Morgan fingerprint density at radius 2 is 1.74 bits per heavy atom. The average molecular weight is 634 g/mol. The molecule has 0 aromatic heterocycles. The number of carbonyl (C=O) groups is 3. The van der Waals surface area contributed by atoms with Crippen molar-refractivity contribution >= 4 is 23.9 Å². The lowest BCUT2D eigenvalue weighted by Gasteiger charge is -2.36. The second-order valence-corrected chi connectivity index (χ2v) is 12.5. The third-order valence-electron chi connectivity index (χ3n) is 9.34. The van der Waals surface area contributed by atoms with E-state index in [4.69, 9.17) is 9.84 Å². The summed E-state index contributed by atoms with van der Waals surface area (Å²) in [7, 11) is 0. The van der Waals surface area contributed by atoms with Gasteiger partial charge >= 0.3 is 5.97 Å². The van der Waals surface area contributed by atoms with Crippen LogP contribution in [-0.2, 0) is 14.4 Å². The number of nitrogens with zero attached hydrogens (tertiary/aromatic N) is 1. The summed E-state index contributed by atoms with van der Waals surface area (Å²) in [4.78, 5) is 39.4. The minimum absolute atomic E-state index is 0.0405. The van der Waals surface area contributed by atoms with Crippen molar-refractivity contribution in [3.63, 3.8) is 0 Å². The monoisotopic (exact) mass is 633 g/mol. The molecule has 2 aromatic rings. The number of fused-ring (bicyclic) bond motifs is 1. The van der Waals surface area contributed by atoms with Crippen LogP contribution in [0.3, 0.4) is 0 Å². The number of hydrogen-bond acceptors (Lipinski definition) is 7. The van der Waals surface area contributed by atoms with E-state index in [-0.39, 0.29) is 43.6 Å². The summed E-state index contributed by atoms with van der Waals surface area (Å²) in [5.74, 6) is -2.73. The maximum atomic E-state index is 13.7. The Morgan fingerprint density at radius 3 is 2.37 bits per heavy atom. The van der Waals surface area contributed by atoms with Gasteiger partial charge in [-0.2, -0.15) is 0 Å². The number of aliphatic hydroxyl groups is 2. The standard InChI is InChI=1S/C37H47NO8/c1-4-25(19-26-17-23(2)35(43)24(3)18-26)14-15-31(40)33-27(22-46-28-11-7-5-8-12-28)20-29-34(30(33)21-39)37(45)38(36(29)44)16-10-6-9-13-32(41)42/h5,7-8,11-12,17-19,29-31,34,39-40,43H,4,6,9-10,13-16,20-22H2,1-3H3,(H,41,42)/b25-19+/t29-,30+,31-,34-/m1/s1. The number of phenolic OH excluding ortho intramolecular Hbond substituents is 1. The molecule has 4 rings (SSSR count). The fourth-order valence-corrected chi connectivity index (χ4v) is 6.92. The van der Waals surface area contributed by atoms with E-state index < -0.39 is 36.4 Å². The van der Waals surface area contributed by atoms with Gasteiger partial charge in [0.15, 0.2) is 0 Å². The molecule has 0 spiro atoms. The van der Waals surface area contributed by atoms with E-state index in [0.717, 1.165) is 34.3 Å². The number of ether oxygens (including phenoxy) is 1. The third-order valence-corrected chi connectivity index (χ3v) is 9.34. The number of aliphatic hydroxyl groups excluding tert-OH is 2. The van der Waals surface area contributed by atoms with Crippen molar-refractivity contribution in [1.29, 1.82) is 0 Å². The minimum atomic E-state index is -0.960. The van der Waals surface area contributed by atoms with E-state index in [1.165, 1.54) is 4.90 Å². The van der Waals surface area contributed by atoms with Gasteiger partial charge in [0, 0.05) is 18.9 Å². The Kier molecular flexibility index (Phi) is 12.2. The summed E-state index contributed by atoms with van der Waals surface area (Å²) in [6, 6.07) is 13.1. The first-order valence-corrected chi connectivity index (χ1v) is 16.3. The first-order valence-electron chi connectivity index (χ1n) is 16.3.